The molecule has 1 heterocycles. The van der Waals surface area contributed by atoms with Gasteiger partial charge in [0.15, 0.2) is 0 Å². The van der Waals surface area contributed by atoms with Gasteiger partial charge in [0.25, 0.3) is 0 Å². The summed E-state index contributed by atoms with van der Waals surface area (Å²) in [6, 6.07) is 0.390. The second kappa shape index (κ2) is 7.65. The average Bonchev–Trinajstić information content (AvgIpc) is 2.33. The van der Waals surface area contributed by atoms with E-state index in [1.807, 2.05) is 0 Å². The molecule has 0 aliphatic carbocycles. The lowest BCUT2D eigenvalue weighted by Crippen LogP contribution is -2.41. The molecule has 1 atom stereocenters. The van der Waals surface area contributed by atoms with Crippen molar-refractivity contribution < 1.29 is 0 Å². The van der Waals surface area contributed by atoms with Crippen LogP contribution >= 0.6 is 11.6 Å². The Balaban J connectivity index is 3.06. The third kappa shape index (κ3) is 4.32. The predicted octanol–water partition coefficient (Wildman–Crippen LogP) is 2.86. The van der Waals surface area contributed by atoms with Crippen LogP contribution in [0.5, 0.6) is 0 Å². The van der Waals surface area contributed by atoms with Gasteiger partial charge in [-0.3, -0.25) is 0 Å². The molecule has 0 N–H and O–H groups in total. The van der Waals surface area contributed by atoms with E-state index in [0.29, 0.717) is 11.2 Å². The molecule has 5 heteroatoms. The molecule has 0 aromatic carbocycles. The lowest BCUT2D eigenvalue weighted by molar-refractivity contribution is 0.372. The lowest BCUT2D eigenvalue weighted by Gasteiger charge is -2.32. The summed E-state index contributed by atoms with van der Waals surface area (Å²) >= 11 is 6.23. The van der Waals surface area contributed by atoms with Crippen LogP contribution in [-0.4, -0.2) is 48.1 Å². The fraction of sp³-hybridized carbons (Fsp3) is 0.714. The fourth-order valence-corrected chi connectivity index (χ4v) is 2.61. The van der Waals surface area contributed by atoms with Gasteiger partial charge in [-0.05, 0) is 34.4 Å². The number of anilines is 1. The summed E-state index contributed by atoms with van der Waals surface area (Å²) in [6.45, 7) is 8.42. The highest BCUT2D eigenvalue weighted by Gasteiger charge is 2.19. The summed E-state index contributed by atoms with van der Waals surface area (Å²) in [7, 11) is 4.18. The molecule has 1 aromatic heterocycles. The molecular weight excluding hydrogens is 260 g/mol. The maximum Gasteiger partial charge on any atom is 0.137 e. The lowest BCUT2D eigenvalue weighted by atomic mass is 10.1. The summed E-state index contributed by atoms with van der Waals surface area (Å²) < 4.78 is 0. The van der Waals surface area contributed by atoms with Crippen molar-refractivity contribution in [1.29, 1.82) is 0 Å². The van der Waals surface area contributed by atoms with E-state index in [1.165, 1.54) is 0 Å². The summed E-state index contributed by atoms with van der Waals surface area (Å²) in [5, 5.41) is 0.586. The quantitative estimate of drug-likeness (QED) is 0.721. The number of hydrogen-bond donors (Lipinski definition) is 0. The van der Waals surface area contributed by atoms with E-state index in [9.17, 15) is 0 Å². The zero-order chi connectivity index (χ0) is 14.4. The average molecular weight is 285 g/mol. The van der Waals surface area contributed by atoms with Gasteiger partial charge in [-0.1, -0.05) is 24.9 Å². The van der Waals surface area contributed by atoms with Crippen molar-refractivity contribution in [3.05, 3.63) is 17.0 Å². The van der Waals surface area contributed by atoms with Gasteiger partial charge >= 0.3 is 0 Å². The zero-order valence-corrected chi connectivity index (χ0v) is 13.4. The third-order valence-electron chi connectivity index (χ3n) is 3.14. The van der Waals surface area contributed by atoms with E-state index in [4.69, 9.17) is 11.6 Å². The SMILES string of the molecule is CCCc1c(Cl)ncnc1N(CC)C(C)CN(C)C. The molecule has 1 unspecified atom stereocenters. The van der Waals surface area contributed by atoms with Gasteiger partial charge in [0, 0.05) is 24.7 Å². The molecule has 0 saturated heterocycles. The highest BCUT2D eigenvalue weighted by Crippen LogP contribution is 2.26. The van der Waals surface area contributed by atoms with Gasteiger partial charge in [0.1, 0.15) is 17.3 Å². The van der Waals surface area contributed by atoms with Gasteiger partial charge in [-0.25, -0.2) is 9.97 Å². The van der Waals surface area contributed by atoms with Crippen LogP contribution < -0.4 is 4.90 Å². The number of aromatic nitrogens is 2. The Bertz CT molecular complexity index is 395. The summed E-state index contributed by atoms with van der Waals surface area (Å²) in [4.78, 5) is 13.1. The Labute approximate surface area is 121 Å². The molecular formula is C14H25ClN4. The summed E-state index contributed by atoms with van der Waals surface area (Å²) in [6.07, 6.45) is 3.52. The minimum Gasteiger partial charge on any atom is -0.353 e. The van der Waals surface area contributed by atoms with Crippen molar-refractivity contribution in [3.63, 3.8) is 0 Å². The normalized spacial score (nSPS) is 12.8. The smallest absolute Gasteiger partial charge is 0.137 e. The van der Waals surface area contributed by atoms with E-state index < -0.39 is 0 Å². The molecule has 1 aromatic rings. The Kier molecular flexibility index (Phi) is 6.52. The molecule has 0 aliphatic rings. The molecule has 0 bridgehead atoms. The van der Waals surface area contributed by atoms with Crippen molar-refractivity contribution in [2.75, 3.05) is 32.1 Å². The van der Waals surface area contributed by atoms with Crippen molar-refractivity contribution in [2.24, 2.45) is 0 Å². The first-order chi connectivity index (χ1) is 9.01. The maximum absolute atomic E-state index is 6.23. The van der Waals surface area contributed by atoms with Crippen molar-refractivity contribution in [1.82, 2.24) is 14.9 Å². The third-order valence-corrected chi connectivity index (χ3v) is 3.47. The Morgan fingerprint density at radius 1 is 1.26 bits per heavy atom. The minimum atomic E-state index is 0.390. The second-order valence-corrected chi connectivity index (χ2v) is 5.47. The number of likely N-dealkylation sites (N-methyl/N-ethyl adjacent to an activating group) is 2. The van der Waals surface area contributed by atoms with Crippen LogP contribution in [-0.2, 0) is 6.42 Å². The second-order valence-electron chi connectivity index (χ2n) is 5.11. The van der Waals surface area contributed by atoms with E-state index in [-0.39, 0.29) is 0 Å². The number of rotatable bonds is 7. The Morgan fingerprint density at radius 2 is 1.95 bits per heavy atom. The molecule has 19 heavy (non-hydrogen) atoms. The monoisotopic (exact) mass is 284 g/mol. The van der Waals surface area contributed by atoms with E-state index in [2.05, 4.69) is 54.6 Å². The molecule has 108 valence electrons. The number of hydrogen-bond acceptors (Lipinski definition) is 4. The number of nitrogens with zero attached hydrogens (tertiary/aromatic N) is 4. The topological polar surface area (TPSA) is 32.3 Å². The standard InChI is InChI=1S/C14H25ClN4/c1-6-8-12-13(15)16-10-17-14(12)19(7-2)11(3)9-18(4)5/h10-11H,6-9H2,1-5H3. The minimum absolute atomic E-state index is 0.390. The van der Waals surface area contributed by atoms with Crippen molar-refractivity contribution in [2.45, 2.75) is 39.7 Å². The van der Waals surface area contributed by atoms with Crippen LogP contribution in [0.25, 0.3) is 0 Å². The van der Waals surface area contributed by atoms with E-state index in [1.54, 1.807) is 6.33 Å². The summed E-state index contributed by atoms with van der Waals surface area (Å²) in [5.41, 5.74) is 1.07. The van der Waals surface area contributed by atoms with Gasteiger partial charge < -0.3 is 9.80 Å². The van der Waals surface area contributed by atoms with Crippen LogP contribution in [0.1, 0.15) is 32.8 Å². The molecule has 0 spiro atoms. The first kappa shape index (κ1) is 16.2. The fourth-order valence-electron chi connectivity index (χ4n) is 2.39. The molecule has 0 radical (unpaired) electrons. The highest BCUT2D eigenvalue weighted by atomic mass is 35.5. The molecule has 0 fully saturated rings. The largest absolute Gasteiger partial charge is 0.353 e. The Morgan fingerprint density at radius 3 is 2.47 bits per heavy atom. The van der Waals surface area contributed by atoms with Crippen molar-refractivity contribution in [3.8, 4) is 0 Å². The molecule has 4 nitrogen and oxygen atoms in total. The van der Waals surface area contributed by atoms with Crippen LogP contribution in [0.4, 0.5) is 5.82 Å². The first-order valence-electron chi connectivity index (χ1n) is 6.91. The highest BCUT2D eigenvalue weighted by molar-refractivity contribution is 6.30. The van der Waals surface area contributed by atoms with E-state index in [0.717, 1.165) is 37.3 Å². The van der Waals surface area contributed by atoms with Gasteiger partial charge in [-0.15, -0.1) is 0 Å². The molecule has 0 saturated carbocycles. The van der Waals surface area contributed by atoms with Crippen LogP contribution in [0.3, 0.4) is 0 Å². The maximum atomic E-state index is 6.23. The molecule has 0 amide bonds. The van der Waals surface area contributed by atoms with E-state index >= 15 is 0 Å². The Hall–Kier alpha value is -0.870. The summed E-state index contributed by atoms with van der Waals surface area (Å²) in [5.74, 6) is 0.985. The molecule has 1 rings (SSSR count). The zero-order valence-electron chi connectivity index (χ0n) is 12.6. The molecule has 0 aliphatic heterocycles. The predicted molar refractivity (Wildman–Crippen MR) is 82.1 cm³/mol. The first-order valence-corrected chi connectivity index (χ1v) is 7.29. The van der Waals surface area contributed by atoms with Crippen LogP contribution in [0.15, 0.2) is 6.33 Å². The van der Waals surface area contributed by atoms with Gasteiger partial charge in [0.05, 0.1) is 0 Å². The number of halogens is 1. The van der Waals surface area contributed by atoms with Crippen LogP contribution in [0.2, 0.25) is 5.15 Å². The van der Waals surface area contributed by atoms with Crippen molar-refractivity contribution >= 4 is 17.4 Å². The van der Waals surface area contributed by atoms with Crippen LogP contribution in [0, 0.1) is 0 Å². The van der Waals surface area contributed by atoms with Gasteiger partial charge in [0.2, 0.25) is 0 Å². The van der Waals surface area contributed by atoms with Gasteiger partial charge in [-0.2, -0.15) is 0 Å².